The van der Waals surface area contributed by atoms with E-state index in [1.165, 1.54) is 6.42 Å². The molecule has 0 aliphatic carbocycles. The van der Waals surface area contributed by atoms with Crippen LogP contribution in [0.5, 0.6) is 0 Å². The van der Waals surface area contributed by atoms with Gasteiger partial charge in [0.05, 0.1) is 6.54 Å². The van der Waals surface area contributed by atoms with Crippen molar-refractivity contribution >= 4 is 0 Å². The monoisotopic (exact) mass is 152 g/mol. The molecular weight excluding hydrogens is 136 g/mol. The Balaban J connectivity index is 2.30. The Bertz CT molecular complexity index is 157. The van der Waals surface area contributed by atoms with E-state index in [0.717, 1.165) is 19.6 Å². The van der Waals surface area contributed by atoms with Crippen LogP contribution >= 0.6 is 0 Å². The van der Waals surface area contributed by atoms with Crippen LogP contribution in [0.1, 0.15) is 6.42 Å². The molecule has 0 saturated carbocycles. The second-order valence-electron chi connectivity index (χ2n) is 3.35. The van der Waals surface area contributed by atoms with Crippen LogP contribution in [0.4, 0.5) is 0 Å². The molecule has 1 fully saturated rings. The molecular formula is C9H16N2. The minimum absolute atomic E-state index is 0.711. The zero-order valence-corrected chi connectivity index (χ0v) is 7.38. The third-order valence-corrected chi connectivity index (χ3v) is 2.29. The van der Waals surface area contributed by atoms with Gasteiger partial charge >= 0.3 is 0 Å². The molecule has 1 aliphatic heterocycles. The average molecular weight is 152 g/mol. The fourth-order valence-electron chi connectivity index (χ4n) is 1.51. The normalized spacial score (nSPS) is 25.8. The first-order valence-corrected chi connectivity index (χ1v) is 4.06. The summed E-state index contributed by atoms with van der Waals surface area (Å²) in [4.78, 5) is 4.60. The average Bonchev–Trinajstić information content (AvgIpc) is 2.37. The maximum absolute atomic E-state index is 5.22. The Morgan fingerprint density at radius 1 is 1.64 bits per heavy atom. The number of likely N-dealkylation sites (N-methyl/N-ethyl adjacent to an activating group) is 1. The molecule has 0 aromatic rings. The van der Waals surface area contributed by atoms with Crippen LogP contribution < -0.4 is 0 Å². The highest BCUT2D eigenvalue weighted by Crippen LogP contribution is 2.11. The molecule has 11 heavy (non-hydrogen) atoms. The molecule has 1 saturated heterocycles. The second kappa shape index (κ2) is 3.75. The van der Waals surface area contributed by atoms with E-state index in [1.807, 2.05) is 0 Å². The Labute approximate surface area is 69.2 Å². The summed E-state index contributed by atoms with van der Waals surface area (Å²) in [6.07, 6.45) is 6.48. The van der Waals surface area contributed by atoms with Gasteiger partial charge in [-0.1, -0.05) is 5.92 Å². The first-order chi connectivity index (χ1) is 5.24. The first kappa shape index (κ1) is 8.58. The molecule has 2 nitrogen and oxygen atoms in total. The Kier molecular flexibility index (Phi) is 2.92. The molecule has 0 aromatic carbocycles. The zero-order chi connectivity index (χ0) is 8.27. The summed E-state index contributed by atoms with van der Waals surface area (Å²) in [7, 11) is 4.26. The second-order valence-corrected chi connectivity index (χ2v) is 3.35. The quantitative estimate of drug-likeness (QED) is 0.524. The Morgan fingerprint density at radius 2 is 2.36 bits per heavy atom. The largest absolute Gasteiger partial charge is 0.305 e. The predicted molar refractivity (Wildman–Crippen MR) is 47.4 cm³/mol. The molecule has 0 radical (unpaired) electrons. The molecule has 1 heterocycles. The summed E-state index contributed by atoms with van der Waals surface area (Å²) in [5.41, 5.74) is 0. The maximum Gasteiger partial charge on any atom is 0.0599 e. The van der Waals surface area contributed by atoms with Gasteiger partial charge in [-0.3, -0.25) is 4.90 Å². The molecule has 0 spiro atoms. The van der Waals surface area contributed by atoms with Gasteiger partial charge in [-0.15, -0.1) is 6.42 Å². The first-order valence-electron chi connectivity index (χ1n) is 4.06. The number of rotatable bonds is 2. The van der Waals surface area contributed by atoms with Crippen LogP contribution in [0, 0.1) is 12.3 Å². The zero-order valence-electron chi connectivity index (χ0n) is 7.38. The summed E-state index contributed by atoms with van der Waals surface area (Å²) in [6, 6.07) is 0.711. The smallest absolute Gasteiger partial charge is 0.0599 e. The predicted octanol–water partition coefficient (Wildman–Crippen LogP) is 0.256. The van der Waals surface area contributed by atoms with Crippen molar-refractivity contribution < 1.29 is 0 Å². The lowest BCUT2D eigenvalue weighted by molar-refractivity contribution is 0.281. The van der Waals surface area contributed by atoms with Crippen LogP contribution in [0.2, 0.25) is 0 Å². The lowest BCUT2D eigenvalue weighted by Gasteiger charge is -2.18. The fraction of sp³-hybridized carbons (Fsp3) is 0.778. The van der Waals surface area contributed by atoms with E-state index >= 15 is 0 Å². The van der Waals surface area contributed by atoms with Gasteiger partial charge in [0.15, 0.2) is 0 Å². The molecule has 0 bridgehead atoms. The van der Waals surface area contributed by atoms with Crippen molar-refractivity contribution in [2.45, 2.75) is 12.5 Å². The summed E-state index contributed by atoms with van der Waals surface area (Å²) in [5.74, 6) is 2.68. The van der Waals surface area contributed by atoms with E-state index in [-0.39, 0.29) is 0 Å². The van der Waals surface area contributed by atoms with Crippen LogP contribution in [0.3, 0.4) is 0 Å². The molecule has 0 N–H and O–H groups in total. The van der Waals surface area contributed by atoms with E-state index < -0.39 is 0 Å². The van der Waals surface area contributed by atoms with Gasteiger partial charge in [0.2, 0.25) is 0 Å². The van der Waals surface area contributed by atoms with E-state index in [4.69, 9.17) is 6.42 Å². The van der Waals surface area contributed by atoms with Gasteiger partial charge in [-0.25, -0.2) is 0 Å². The highest BCUT2D eigenvalue weighted by molar-refractivity contribution is 4.92. The molecule has 1 unspecified atom stereocenters. The number of hydrogen-bond acceptors (Lipinski definition) is 2. The van der Waals surface area contributed by atoms with Crippen molar-refractivity contribution in [3.63, 3.8) is 0 Å². The van der Waals surface area contributed by atoms with E-state index in [1.54, 1.807) is 0 Å². The van der Waals surface area contributed by atoms with Crippen molar-refractivity contribution in [2.24, 2.45) is 0 Å². The molecule has 1 aliphatic rings. The molecule has 62 valence electrons. The van der Waals surface area contributed by atoms with Gasteiger partial charge < -0.3 is 4.90 Å². The third kappa shape index (κ3) is 2.21. The Morgan fingerprint density at radius 3 is 2.82 bits per heavy atom. The summed E-state index contributed by atoms with van der Waals surface area (Å²) < 4.78 is 0. The molecule has 1 rings (SSSR count). The maximum atomic E-state index is 5.22. The summed E-state index contributed by atoms with van der Waals surface area (Å²) in [6.45, 7) is 3.11. The van der Waals surface area contributed by atoms with Crippen LogP contribution in [-0.4, -0.2) is 49.6 Å². The topological polar surface area (TPSA) is 6.48 Å². The Hall–Kier alpha value is -0.520. The lowest BCUT2D eigenvalue weighted by atomic mass is 10.2. The summed E-state index contributed by atoms with van der Waals surface area (Å²) in [5, 5.41) is 0. The van der Waals surface area contributed by atoms with Gasteiger partial charge in [0, 0.05) is 19.1 Å². The highest BCUT2D eigenvalue weighted by atomic mass is 15.2. The van der Waals surface area contributed by atoms with Gasteiger partial charge in [0.25, 0.3) is 0 Å². The molecule has 1 atom stereocenters. The minimum atomic E-state index is 0.711. The van der Waals surface area contributed by atoms with E-state index in [2.05, 4.69) is 29.8 Å². The number of nitrogens with zero attached hydrogens (tertiary/aromatic N) is 2. The van der Waals surface area contributed by atoms with E-state index in [0.29, 0.717) is 6.04 Å². The van der Waals surface area contributed by atoms with E-state index in [9.17, 15) is 0 Å². The van der Waals surface area contributed by atoms with Crippen LogP contribution in [0.25, 0.3) is 0 Å². The van der Waals surface area contributed by atoms with Crippen molar-refractivity contribution in [1.29, 1.82) is 0 Å². The molecule has 0 aromatic heterocycles. The van der Waals surface area contributed by atoms with Crippen molar-refractivity contribution in [3.05, 3.63) is 0 Å². The van der Waals surface area contributed by atoms with Crippen molar-refractivity contribution in [1.82, 2.24) is 9.80 Å². The SMILES string of the molecule is C#CCN1CCC(N(C)C)C1. The minimum Gasteiger partial charge on any atom is -0.305 e. The van der Waals surface area contributed by atoms with Crippen molar-refractivity contribution in [3.8, 4) is 12.3 Å². The molecule has 2 heteroatoms. The lowest BCUT2D eigenvalue weighted by Crippen LogP contribution is -2.31. The third-order valence-electron chi connectivity index (χ3n) is 2.29. The number of terminal acetylenes is 1. The van der Waals surface area contributed by atoms with Crippen molar-refractivity contribution in [2.75, 3.05) is 33.7 Å². The number of hydrogen-bond donors (Lipinski definition) is 0. The number of likely N-dealkylation sites (tertiary alicyclic amines) is 1. The highest BCUT2D eigenvalue weighted by Gasteiger charge is 2.22. The standard InChI is InChI=1S/C9H16N2/c1-4-6-11-7-5-9(8-11)10(2)3/h1,9H,5-8H2,2-3H3. The van der Waals surface area contributed by atoms with Gasteiger partial charge in [0.1, 0.15) is 0 Å². The fourth-order valence-corrected chi connectivity index (χ4v) is 1.51. The van der Waals surface area contributed by atoms with Gasteiger partial charge in [-0.2, -0.15) is 0 Å². The van der Waals surface area contributed by atoms with Crippen LogP contribution in [-0.2, 0) is 0 Å². The summed E-state index contributed by atoms with van der Waals surface area (Å²) >= 11 is 0. The van der Waals surface area contributed by atoms with Crippen LogP contribution in [0.15, 0.2) is 0 Å². The molecule has 0 amide bonds. The van der Waals surface area contributed by atoms with Gasteiger partial charge in [-0.05, 0) is 20.5 Å².